The molecule has 5 nitrogen and oxygen atoms in total. The minimum atomic E-state index is 0.241. The van der Waals surface area contributed by atoms with E-state index in [1.807, 2.05) is 24.4 Å². The average Bonchev–Trinajstić information content (AvgIpc) is 2.79. The molecular weight excluding hydrogens is 228 g/mol. The number of anilines is 1. The Bertz CT molecular complexity index is 444. The van der Waals surface area contributed by atoms with Gasteiger partial charge in [0.05, 0.1) is 0 Å². The van der Waals surface area contributed by atoms with Gasteiger partial charge in [0.25, 0.3) is 0 Å². The van der Waals surface area contributed by atoms with Crippen LogP contribution in [0.5, 0.6) is 0 Å². The lowest BCUT2D eigenvalue weighted by atomic mass is 10.0. The van der Waals surface area contributed by atoms with Crippen LogP contribution in [0.4, 0.5) is 5.95 Å². The monoisotopic (exact) mass is 248 g/mol. The molecule has 2 heterocycles. The molecule has 0 aliphatic heterocycles. The molecule has 5 heteroatoms. The van der Waals surface area contributed by atoms with E-state index >= 15 is 0 Å². The SMILES string of the molecule is CCCC(CCO)CNc1nc2ccccn2n1. The number of aromatic nitrogens is 3. The van der Waals surface area contributed by atoms with Crippen LogP contribution in [0, 0.1) is 5.92 Å². The van der Waals surface area contributed by atoms with Gasteiger partial charge in [-0.1, -0.05) is 19.4 Å². The van der Waals surface area contributed by atoms with Gasteiger partial charge in [0, 0.05) is 19.3 Å². The van der Waals surface area contributed by atoms with Crippen molar-refractivity contribution in [3.63, 3.8) is 0 Å². The van der Waals surface area contributed by atoms with Crippen molar-refractivity contribution in [1.82, 2.24) is 14.6 Å². The zero-order chi connectivity index (χ0) is 12.8. The van der Waals surface area contributed by atoms with Crippen molar-refractivity contribution in [3.05, 3.63) is 24.4 Å². The molecule has 18 heavy (non-hydrogen) atoms. The largest absolute Gasteiger partial charge is 0.396 e. The van der Waals surface area contributed by atoms with E-state index in [1.54, 1.807) is 4.52 Å². The third kappa shape index (κ3) is 3.20. The fourth-order valence-electron chi connectivity index (χ4n) is 2.08. The lowest BCUT2D eigenvalue weighted by molar-refractivity contribution is 0.255. The van der Waals surface area contributed by atoms with E-state index in [0.717, 1.165) is 31.5 Å². The van der Waals surface area contributed by atoms with Crippen LogP contribution in [-0.4, -0.2) is 32.9 Å². The first kappa shape index (κ1) is 12.8. The summed E-state index contributed by atoms with van der Waals surface area (Å²) >= 11 is 0. The lowest BCUT2D eigenvalue weighted by Gasteiger charge is -2.14. The van der Waals surface area contributed by atoms with Crippen LogP contribution in [-0.2, 0) is 0 Å². The third-order valence-electron chi connectivity index (χ3n) is 3.02. The zero-order valence-electron chi connectivity index (χ0n) is 10.7. The highest BCUT2D eigenvalue weighted by Gasteiger charge is 2.09. The molecule has 98 valence electrons. The molecule has 2 aromatic rings. The molecule has 0 aliphatic carbocycles. The molecule has 0 amide bonds. The molecular formula is C13H20N4O. The highest BCUT2D eigenvalue weighted by molar-refractivity contribution is 5.42. The van der Waals surface area contributed by atoms with Crippen molar-refractivity contribution in [1.29, 1.82) is 0 Å². The maximum Gasteiger partial charge on any atom is 0.243 e. The maximum absolute atomic E-state index is 9.01. The first-order valence-electron chi connectivity index (χ1n) is 6.49. The standard InChI is InChI=1S/C13H20N4O/c1-2-5-11(7-9-18)10-14-13-15-12-6-3-4-8-17(12)16-13/h3-4,6,8,11,18H,2,5,7,9-10H2,1H3,(H,14,16). The number of hydrogen-bond acceptors (Lipinski definition) is 4. The van der Waals surface area contributed by atoms with Crippen molar-refractivity contribution in [2.24, 2.45) is 5.92 Å². The summed E-state index contributed by atoms with van der Waals surface area (Å²) in [5.41, 5.74) is 0.842. The van der Waals surface area contributed by atoms with E-state index in [0.29, 0.717) is 11.9 Å². The molecule has 2 N–H and O–H groups in total. The van der Waals surface area contributed by atoms with E-state index in [9.17, 15) is 0 Å². The Hall–Kier alpha value is -1.62. The molecule has 0 fully saturated rings. The van der Waals surface area contributed by atoms with Crippen LogP contribution in [0.1, 0.15) is 26.2 Å². The quantitative estimate of drug-likeness (QED) is 0.786. The van der Waals surface area contributed by atoms with E-state index in [-0.39, 0.29) is 6.61 Å². The molecule has 0 aromatic carbocycles. The fourth-order valence-corrected chi connectivity index (χ4v) is 2.08. The third-order valence-corrected chi connectivity index (χ3v) is 3.02. The lowest BCUT2D eigenvalue weighted by Crippen LogP contribution is -2.16. The van der Waals surface area contributed by atoms with Crippen LogP contribution in [0.2, 0.25) is 0 Å². The predicted octanol–water partition coefficient (Wildman–Crippen LogP) is 1.94. The smallest absolute Gasteiger partial charge is 0.243 e. The van der Waals surface area contributed by atoms with E-state index in [1.165, 1.54) is 0 Å². The Morgan fingerprint density at radius 2 is 2.28 bits per heavy atom. The van der Waals surface area contributed by atoms with Gasteiger partial charge in [-0.3, -0.25) is 0 Å². The highest BCUT2D eigenvalue weighted by atomic mass is 16.3. The van der Waals surface area contributed by atoms with Gasteiger partial charge in [-0.25, -0.2) is 4.52 Å². The second kappa shape index (κ2) is 6.35. The summed E-state index contributed by atoms with van der Waals surface area (Å²) in [6, 6.07) is 5.80. The second-order valence-corrected chi connectivity index (χ2v) is 4.49. The maximum atomic E-state index is 9.01. The van der Waals surface area contributed by atoms with Crippen LogP contribution >= 0.6 is 0 Å². The minimum Gasteiger partial charge on any atom is -0.396 e. The predicted molar refractivity (Wildman–Crippen MR) is 71.6 cm³/mol. The molecule has 0 saturated heterocycles. The van der Waals surface area contributed by atoms with Crippen LogP contribution in [0.25, 0.3) is 5.65 Å². The van der Waals surface area contributed by atoms with Crippen molar-refractivity contribution in [2.45, 2.75) is 26.2 Å². The Kier molecular flexibility index (Phi) is 4.52. The highest BCUT2D eigenvalue weighted by Crippen LogP contribution is 2.12. The van der Waals surface area contributed by atoms with Gasteiger partial charge < -0.3 is 10.4 Å². The summed E-state index contributed by atoms with van der Waals surface area (Å²) in [6.45, 7) is 3.21. The van der Waals surface area contributed by atoms with E-state index in [4.69, 9.17) is 5.11 Å². The number of aliphatic hydroxyl groups excluding tert-OH is 1. The van der Waals surface area contributed by atoms with E-state index < -0.39 is 0 Å². The molecule has 0 saturated carbocycles. The Balaban J connectivity index is 1.95. The fraction of sp³-hybridized carbons (Fsp3) is 0.538. The summed E-state index contributed by atoms with van der Waals surface area (Å²) in [4.78, 5) is 4.38. The molecule has 1 atom stereocenters. The van der Waals surface area contributed by atoms with Crippen LogP contribution < -0.4 is 5.32 Å². The summed E-state index contributed by atoms with van der Waals surface area (Å²) in [5.74, 6) is 1.13. The number of nitrogens with one attached hydrogen (secondary N) is 1. The molecule has 1 unspecified atom stereocenters. The van der Waals surface area contributed by atoms with E-state index in [2.05, 4.69) is 22.3 Å². The number of fused-ring (bicyclic) bond motifs is 1. The number of pyridine rings is 1. The Morgan fingerprint density at radius 3 is 3.00 bits per heavy atom. The zero-order valence-corrected chi connectivity index (χ0v) is 10.7. The number of aliphatic hydroxyl groups is 1. The van der Waals surface area contributed by atoms with Crippen molar-refractivity contribution >= 4 is 11.6 Å². The van der Waals surface area contributed by atoms with Crippen molar-refractivity contribution < 1.29 is 5.11 Å². The van der Waals surface area contributed by atoms with Crippen molar-refractivity contribution in [3.8, 4) is 0 Å². The molecule has 2 aromatic heterocycles. The van der Waals surface area contributed by atoms with Gasteiger partial charge in [-0.2, -0.15) is 4.98 Å². The van der Waals surface area contributed by atoms with Gasteiger partial charge in [-0.05, 0) is 30.9 Å². The van der Waals surface area contributed by atoms with Gasteiger partial charge in [-0.15, -0.1) is 5.10 Å². The summed E-state index contributed by atoms with van der Waals surface area (Å²) in [5, 5.41) is 16.6. The molecule has 2 rings (SSSR count). The number of rotatable bonds is 7. The van der Waals surface area contributed by atoms with Gasteiger partial charge in [0.15, 0.2) is 5.65 Å². The van der Waals surface area contributed by atoms with Crippen molar-refractivity contribution in [2.75, 3.05) is 18.5 Å². The van der Waals surface area contributed by atoms with Crippen LogP contribution in [0.3, 0.4) is 0 Å². The first-order valence-corrected chi connectivity index (χ1v) is 6.49. The van der Waals surface area contributed by atoms with Crippen LogP contribution in [0.15, 0.2) is 24.4 Å². The second-order valence-electron chi connectivity index (χ2n) is 4.49. The number of nitrogens with zero attached hydrogens (tertiary/aromatic N) is 3. The molecule has 0 spiro atoms. The van der Waals surface area contributed by atoms with Gasteiger partial charge in [0.2, 0.25) is 5.95 Å². The number of hydrogen-bond donors (Lipinski definition) is 2. The van der Waals surface area contributed by atoms with Gasteiger partial charge >= 0.3 is 0 Å². The summed E-state index contributed by atoms with van der Waals surface area (Å²) in [7, 11) is 0. The van der Waals surface area contributed by atoms with Gasteiger partial charge in [0.1, 0.15) is 0 Å². The normalized spacial score (nSPS) is 12.8. The first-order chi connectivity index (χ1) is 8.83. The molecule has 0 aliphatic rings. The Labute approximate surface area is 107 Å². The average molecular weight is 248 g/mol. The molecule has 0 radical (unpaired) electrons. The summed E-state index contributed by atoms with van der Waals surface area (Å²) < 4.78 is 1.75. The topological polar surface area (TPSA) is 62.5 Å². The molecule has 0 bridgehead atoms. The Morgan fingerprint density at radius 1 is 1.39 bits per heavy atom. The summed E-state index contributed by atoms with van der Waals surface area (Å²) in [6.07, 6.45) is 4.95. The minimum absolute atomic E-state index is 0.241.